The molecule has 2 heterocycles. The molecule has 0 bridgehead atoms. The van der Waals surface area contributed by atoms with Crippen LogP contribution in [0.5, 0.6) is 0 Å². The summed E-state index contributed by atoms with van der Waals surface area (Å²) in [7, 11) is 1.92. The van der Waals surface area contributed by atoms with Crippen LogP contribution < -0.4 is 5.32 Å². The Hall–Kier alpha value is -2.11. The maximum absolute atomic E-state index is 5.98. The minimum atomic E-state index is 0.129. The number of rotatable bonds is 6. The fraction of sp³-hybridized carbons (Fsp3) is 0.250. The first-order valence-electron chi connectivity index (χ1n) is 7.15. The van der Waals surface area contributed by atoms with E-state index < -0.39 is 0 Å². The zero-order chi connectivity index (χ0) is 15.4. The summed E-state index contributed by atoms with van der Waals surface area (Å²) in [6.45, 7) is 1.55. The topological polar surface area (TPSA) is 47.7 Å². The first kappa shape index (κ1) is 14.8. The van der Waals surface area contributed by atoms with Crippen molar-refractivity contribution in [2.45, 2.75) is 12.6 Å². The summed E-state index contributed by atoms with van der Waals surface area (Å²) in [5.41, 5.74) is 2.34. The fourth-order valence-corrected chi connectivity index (χ4v) is 2.56. The second-order valence-electron chi connectivity index (χ2n) is 5.21. The molecule has 114 valence electrons. The molecule has 1 aromatic carbocycles. The largest absolute Gasteiger partial charge is 0.310 e. The lowest BCUT2D eigenvalue weighted by Crippen LogP contribution is -2.26. The minimum Gasteiger partial charge on any atom is -0.310 e. The maximum atomic E-state index is 5.98. The summed E-state index contributed by atoms with van der Waals surface area (Å²) >= 11 is 5.98. The molecule has 3 aromatic rings. The summed E-state index contributed by atoms with van der Waals surface area (Å²) in [4.78, 5) is 0. The van der Waals surface area contributed by atoms with Gasteiger partial charge in [0.1, 0.15) is 0 Å². The molecule has 0 radical (unpaired) electrons. The van der Waals surface area contributed by atoms with Crippen molar-refractivity contribution in [3.63, 3.8) is 0 Å². The number of hydrogen-bond acceptors (Lipinski definition) is 3. The number of hydrogen-bond donors (Lipinski definition) is 1. The molecule has 1 unspecified atom stereocenters. The first-order valence-corrected chi connectivity index (χ1v) is 7.53. The van der Waals surface area contributed by atoms with Crippen molar-refractivity contribution in [2.75, 3.05) is 6.54 Å². The summed E-state index contributed by atoms with van der Waals surface area (Å²) in [5, 5.41) is 12.8. The molecular weight excluding hydrogens is 298 g/mol. The van der Waals surface area contributed by atoms with E-state index in [1.54, 1.807) is 10.9 Å². The van der Waals surface area contributed by atoms with Crippen LogP contribution in [0.25, 0.3) is 0 Å². The van der Waals surface area contributed by atoms with E-state index in [9.17, 15) is 0 Å². The van der Waals surface area contributed by atoms with Gasteiger partial charge in [0, 0.05) is 49.3 Å². The van der Waals surface area contributed by atoms with Crippen LogP contribution in [0.1, 0.15) is 17.2 Å². The highest BCUT2D eigenvalue weighted by Crippen LogP contribution is 2.19. The normalized spacial score (nSPS) is 12.5. The lowest BCUT2D eigenvalue weighted by atomic mass is 10.1. The van der Waals surface area contributed by atoms with Crippen molar-refractivity contribution in [3.8, 4) is 0 Å². The molecule has 1 atom stereocenters. The Kier molecular flexibility index (Phi) is 4.56. The van der Waals surface area contributed by atoms with Crippen molar-refractivity contribution in [2.24, 2.45) is 7.05 Å². The maximum Gasteiger partial charge on any atom is 0.0892 e. The zero-order valence-corrected chi connectivity index (χ0v) is 13.1. The van der Waals surface area contributed by atoms with Crippen molar-refractivity contribution in [3.05, 3.63) is 71.3 Å². The molecule has 22 heavy (non-hydrogen) atoms. The van der Waals surface area contributed by atoms with Gasteiger partial charge >= 0.3 is 0 Å². The van der Waals surface area contributed by atoms with E-state index in [1.165, 1.54) is 5.56 Å². The van der Waals surface area contributed by atoms with E-state index in [-0.39, 0.29) is 6.04 Å². The lowest BCUT2D eigenvalue weighted by molar-refractivity contribution is 0.480. The molecule has 0 saturated carbocycles. The van der Waals surface area contributed by atoms with Gasteiger partial charge in [0.05, 0.1) is 12.2 Å². The second kappa shape index (κ2) is 6.77. The number of halogens is 1. The first-order chi connectivity index (χ1) is 10.7. The molecule has 0 spiro atoms. The Labute approximate surface area is 134 Å². The van der Waals surface area contributed by atoms with Gasteiger partial charge < -0.3 is 5.32 Å². The SMILES string of the molecule is Cn1cc(CNCC(c2ccc(Cl)cc2)n2cccn2)cn1. The monoisotopic (exact) mass is 315 g/mol. The molecule has 0 fully saturated rings. The Morgan fingerprint density at radius 2 is 2.05 bits per heavy atom. The molecule has 5 nitrogen and oxygen atoms in total. The lowest BCUT2D eigenvalue weighted by Gasteiger charge is -2.19. The summed E-state index contributed by atoms with van der Waals surface area (Å²) in [6.07, 6.45) is 7.66. The quantitative estimate of drug-likeness (QED) is 0.760. The smallest absolute Gasteiger partial charge is 0.0892 e. The molecule has 0 aliphatic carbocycles. The highest BCUT2D eigenvalue weighted by molar-refractivity contribution is 6.30. The van der Waals surface area contributed by atoms with E-state index in [4.69, 9.17) is 11.6 Å². The molecular formula is C16H18ClN5. The molecule has 0 amide bonds. The van der Waals surface area contributed by atoms with E-state index in [1.807, 2.05) is 60.7 Å². The standard InChI is InChI=1S/C16H18ClN5/c1-21-12-13(10-20-21)9-18-11-16(22-8-2-7-19-22)14-3-5-15(17)6-4-14/h2-8,10,12,16,18H,9,11H2,1H3. The number of aryl methyl sites for hydroxylation is 1. The highest BCUT2D eigenvalue weighted by Gasteiger charge is 2.13. The third-order valence-electron chi connectivity index (χ3n) is 3.52. The van der Waals surface area contributed by atoms with Gasteiger partial charge in [-0.15, -0.1) is 0 Å². The van der Waals surface area contributed by atoms with Crippen LogP contribution in [0, 0.1) is 0 Å². The molecule has 1 N–H and O–H groups in total. The summed E-state index contributed by atoms with van der Waals surface area (Å²) in [6, 6.07) is 9.97. The third-order valence-corrected chi connectivity index (χ3v) is 3.78. The summed E-state index contributed by atoms with van der Waals surface area (Å²) < 4.78 is 3.76. The van der Waals surface area contributed by atoms with Gasteiger partial charge in [-0.2, -0.15) is 10.2 Å². The van der Waals surface area contributed by atoms with Crippen LogP contribution in [0.15, 0.2) is 55.1 Å². The van der Waals surface area contributed by atoms with E-state index in [2.05, 4.69) is 15.5 Å². The zero-order valence-electron chi connectivity index (χ0n) is 12.4. The highest BCUT2D eigenvalue weighted by atomic mass is 35.5. The molecule has 2 aromatic heterocycles. The van der Waals surface area contributed by atoms with Gasteiger partial charge in [-0.05, 0) is 23.8 Å². The van der Waals surface area contributed by atoms with Crippen LogP contribution in [0.4, 0.5) is 0 Å². The molecule has 6 heteroatoms. The van der Waals surface area contributed by atoms with Gasteiger partial charge in [0.25, 0.3) is 0 Å². The Bertz CT molecular complexity index is 702. The molecule has 3 rings (SSSR count). The van der Waals surface area contributed by atoms with Gasteiger partial charge in [0.15, 0.2) is 0 Å². The van der Waals surface area contributed by atoms with Crippen LogP contribution in [0.3, 0.4) is 0 Å². The number of nitrogens with one attached hydrogen (secondary N) is 1. The second-order valence-corrected chi connectivity index (χ2v) is 5.64. The number of aromatic nitrogens is 4. The van der Waals surface area contributed by atoms with Crippen molar-refractivity contribution < 1.29 is 0 Å². The van der Waals surface area contributed by atoms with Crippen LogP contribution >= 0.6 is 11.6 Å². The van der Waals surface area contributed by atoms with Crippen LogP contribution in [-0.4, -0.2) is 26.1 Å². The van der Waals surface area contributed by atoms with Crippen molar-refractivity contribution >= 4 is 11.6 Å². The summed E-state index contributed by atoms with van der Waals surface area (Å²) in [5.74, 6) is 0. The Morgan fingerprint density at radius 1 is 1.23 bits per heavy atom. The third kappa shape index (κ3) is 3.55. The van der Waals surface area contributed by atoms with Crippen LogP contribution in [0.2, 0.25) is 5.02 Å². The van der Waals surface area contributed by atoms with Gasteiger partial charge in [-0.25, -0.2) is 0 Å². The molecule has 0 aliphatic rings. The minimum absolute atomic E-state index is 0.129. The average molecular weight is 316 g/mol. The number of nitrogens with zero attached hydrogens (tertiary/aromatic N) is 4. The fourth-order valence-electron chi connectivity index (χ4n) is 2.43. The van der Waals surface area contributed by atoms with E-state index in [0.717, 1.165) is 23.7 Å². The predicted molar refractivity (Wildman–Crippen MR) is 86.7 cm³/mol. The number of benzene rings is 1. The van der Waals surface area contributed by atoms with E-state index >= 15 is 0 Å². The van der Waals surface area contributed by atoms with E-state index in [0.29, 0.717) is 0 Å². The van der Waals surface area contributed by atoms with Gasteiger partial charge in [-0.1, -0.05) is 23.7 Å². The van der Waals surface area contributed by atoms with Gasteiger partial charge in [-0.3, -0.25) is 9.36 Å². The predicted octanol–water partition coefficient (Wildman–Crippen LogP) is 2.65. The molecule has 0 aliphatic heterocycles. The van der Waals surface area contributed by atoms with Gasteiger partial charge in [0.2, 0.25) is 0 Å². The average Bonchev–Trinajstić information content (AvgIpc) is 3.17. The Morgan fingerprint density at radius 3 is 2.68 bits per heavy atom. The Balaban J connectivity index is 1.70. The molecule has 0 saturated heterocycles. The van der Waals surface area contributed by atoms with Crippen LogP contribution in [-0.2, 0) is 13.6 Å². The van der Waals surface area contributed by atoms with Crippen molar-refractivity contribution in [1.82, 2.24) is 24.9 Å². The van der Waals surface area contributed by atoms with Crippen molar-refractivity contribution in [1.29, 1.82) is 0 Å².